The first-order valence-electron chi connectivity index (χ1n) is 2.12. The maximum absolute atomic E-state index is 10.0. The Morgan fingerprint density at radius 3 is 1.38 bits per heavy atom. The lowest BCUT2D eigenvalue weighted by atomic mass is 10.2. The van der Waals surface area contributed by atoms with E-state index in [1.165, 1.54) is 13.8 Å². The number of hydrogen-bond acceptors (Lipinski definition) is 2. The molecule has 3 heteroatoms. The Bertz CT molecular complexity index is 83.8. The summed E-state index contributed by atoms with van der Waals surface area (Å²) < 4.78 is 0. The van der Waals surface area contributed by atoms with Crippen molar-refractivity contribution in [2.75, 3.05) is 0 Å². The van der Waals surface area contributed by atoms with E-state index in [4.69, 9.17) is 0 Å². The molecular formula is C5H10O3. The summed E-state index contributed by atoms with van der Waals surface area (Å²) in [5.74, 6) is -0.125. The number of Topliss-reactive ketones (excluding diaryl/α,β-unsaturated/α-hetero) is 2. The van der Waals surface area contributed by atoms with E-state index in [-0.39, 0.29) is 23.5 Å². The molecule has 0 saturated carbocycles. The minimum absolute atomic E-state index is 0. The third kappa shape index (κ3) is 9.00. The molecule has 0 rings (SSSR count). The smallest absolute Gasteiger partial charge is 0.137 e. The van der Waals surface area contributed by atoms with Gasteiger partial charge in [0.2, 0.25) is 0 Å². The van der Waals surface area contributed by atoms with Crippen molar-refractivity contribution in [1.29, 1.82) is 0 Å². The molecule has 0 aromatic rings. The second-order valence-corrected chi connectivity index (χ2v) is 1.58. The quantitative estimate of drug-likeness (QED) is 0.468. The molecule has 8 heavy (non-hydrogen) atoms. The van der Waals surface area contributed by atoms with Crippen molar-refractivity contribution in [3.05, 3.63) is 0 Å². The Labute approximate surface area is 48.0 Å². The van der Waals surface area contributed by atoms with Gasteiger partial charge in [-0.05, 0) is 13.8 Å². The fourth-order valence-electron chi connectivity index (χ4n) is 0.351. The molecule has 3 nitrogen and oxygen atoms in total. The monoisotopic (exact) mass is 118 g/mol. The second-order valence-electron chi connectivity index (χ2n) is 1.58. The van der Waals surface area contributed by atoms with Crippen molar-refractivity contribution in [1.82, 2.24) is 0 Å². The fourth-order valence-corrected chi connectivity index (χ4v) is 0.351. The highest BCUT2D eigenvalue weighted by molar-refractivity contribution is 5.96. The molecule has 2 N–H and O–H groups in total. The van der Waals surface area contributed by atoms with Crippen LogP contribution >= 0.6 is 0 Å². The number of hydrogen-bond donors (Lipinski definition) is 0. The molecule has 0 amide bonds. The van der Waals surface area contributed by atoms with Crippen LogP contribution < -0.4 is 0 Å². The van der Waals surface area contributed by atoms with Gasteiger partial charge >= 0.3 is 0 Å². The van der Waals surface area contributed by atoms with E-state index < -0.39 is 0 Å². The summed E-state index contributed by atoms with van der Waals surface area (Å²) in [4.78, 5) is 20.1. The van der Waals surface area contributed by atoms with E-state index in [0.717, 1.165) is 0 Å². The summed E-state index contributed by atoms with van der Waals surface area (Å²) in [5.41, 5.74) is 0. The van der Waals surface area contributed by atoms with Gasteiger partial charge in [-0.15, -0.1) is 0 Å². The van der Waals surface area contributed by atoms with Gasteiger partial charge in [0, 0.05) is 0 Å². The highest BCUT2D eigenvalue weighted by atomic mass is 16.1. The first-order valence-corrected chi connectivity index (χ1v) is 2.12. The van der Waals surface area contributed by atoms with Gasteiger partial charge in [0.25, 0.3) is 0 Å². The predicted octanol–water partition coefficient (Wildman–Crippen LogP) is -0.270. The Balaban J connectivity index is 0. The molecule has 0 saturated heterocycles. The van der Waals surface area contributed by atoms with E-state index in [2.05, 4.69) is 0 Å². The van der Waals surface area contributed by atoms with Gasteiger partial charge in [0.15, 0.2) is 0 Å². The van der Waals surface area contributed by atoms with Gasteiger partial charge in [-0.25, -0.2) is 0 Å². The average molecular weight is 118 g/mol. The van der Waals surface area contributed by atoms with E-state index in [1.807, 2.05) is 0 Å². The first kappa shape index (κ1) is 10.3. The number of rotatable bonds is 2. The lowest BCUT2D eigenvalue weighted by Crippen LogP contribution is -1.97. The zero-order chi connectivity index (χ0) is 5.86. The zero-order valence-electron chi connectivity index (χ0n) is 5.02. The van der Waals surface area contributed by atoms with E-state index >= 15 is 0 Å². The molecule has 0 aliphatic rings. The topological polar surface area (TPSA) is 65.6 Å². The van der Waals surface area contributed by atoms with Gasteiger partial charge in [0.1, 0.15) is 11.6 Å². The van der Waals surface area contributed by atoms with Gasteiger partial charge in [-0.3, -0.25) is 9.59 Å². The standard InChI is InChI=1S/C5H8O2.H2O/c1-4(6)3-5(2)7;/h3H2,1-2H3;1H2. The summed E-state index contributed by atoms with van der Waals surface area (Å²) in [6.07, 6.45) is 0.0833. The molecule has 0 heterocycles. The number of carbonyl (C=O) groups is 2. The molecule has 0 unspecified atom stereocenters. The average Bonchev–Trinajstić information content (AvgIpc) is 1.27. The van der Waals surface area contributed by atoms with E-state index in [9.17, 15) is 9.59 Å². The molecular weight excluding hydrogens is 108 g/mol. The Morgan fingerprint density at radius 1 is 1.12 bits per heavy atom. The Kier molecular flexibility index (Phi) is 5.75. The predicted molar refractivity (Wildman–Crippen MR) is 29.6 cm³/mol. The maximum Gasteiger partial charge on any atom is 0.137 e. The van der Waals surface area contributed by atoms with Crippen molar-refractivity contribution in [2.24, 2.45) is 0 Å². The van der Waals surface area contributed by atoms with E-state index in [1.54, 1.807) is 0 Å². The molecule has 48 valence electrons. The SMILES string of the molecule is CC(=O)CC(C)=O.O. The molecule has 0 atom stereocenters. The summed E-state index contributed by atoms with van der Waals surface area (Å²) in [7, 11) is 0. The molecule has 0 radical (unpaired) electrons. The Morgan fingerprint density at radius 2 is 1.38 bits per heavy atom. The van der Waals surface area contributed by atoms with Gasteiger partial charge in [-0.2, -0.15) is 0 Å². The van der Waals surface area contributed by atoms with Crippen LogP contribution in [0.2, 0.25) is 0 Å². The maximum atomic E-state index is 10.0. The van der Waals surface area contributed by atoms with Crippen molar-refractivity contribution >= 4 is 11.6 Å². The van der Waals surface area contributed by atoms with Crippen LogP contribution in [0, 0.1) is 0 Å². The van der Waals surface area contributed by atoms with Gasteiger partial charge in [0.05, 0.1) is 6.42 Å². The normalized spacial score (nSPS) is 7.25. The molecule has 0 aromatic carbocycles. The second kappa shape index (κ2) is 4.46. The Hall–Kier alpha value is -0.700. The van der Waals surface area contributed by atoms with Crippen molar-refractivity contribution in [2.45, 2.75) is 20.3 Å². The summed E-state index contributed by atoms with van der Waals surface area (Å²) in [6, 6.07) is 0. The van der Waals surface area contributed by atoms with Crippen LogP contribution in [0.25, 0.3) is 0 Å². The zero-order valence-corrected chi connectivity index (χ0v) is 5.02. The summed E-state index contributed by atoms with van der Waals surface area (Å²) in [6.45, 7) is 2.81. The fraction of sp³-hybridized carbons (Fsp3) is 0.600. The van der Waals surface area contributed by atoms with Crippen LogP contribution in [-0.4, -0.2) is 17.0 Å². The lowest BCUT2D eigenvalue weighted by Gasteiger charge is -1.81. The van der Waals surface area contributed by atoms with E-state index in [0.29, 0.717) is 0 Å². The van der Waals surface area contributed by atoms with Crippen molar-refractivity contribution < 1.29 is 15.1 Å². The largest absolute Gasteiger partial charge is 0.412 e. The summed E-state index contributed by atoms with van der Waals surface area (Å²) in [5, 5.41) is 0. The van der Waals surface area contributed by atoms with Gasteiger partial charge in [-0.1, -0.05) is 0 Å². The van der Waals surface area contributed by atoms with Crippen LogP contribution in [0.3, 0.4) is 0 Å². The van der Waals surface area contributed by atoms with Crippen LogP contribution in [-0.2, 0) is 9.59 Å². The minimum Gasteiger partial charge on any atom is -0.412 e. The van der Waals surface area contributed by atoms with Crippen LogP contribution in [0.1, 0.15) is 20.3 Å². The van der Waals surface area contributed by atoms with Crippen LogP contribution in [0.15, 0.2) is 0 Å². The molecule has 0 aromatic heterocycles. The number of carbonyl (C=O) groups excluding carboxylic acids is 2. The molecule has 0 bridgehead atoms. The van der Waals surface area contributed by atoms with Gasteiger partial charge < -0.3 is 5.48 Å². The van der Waals surface area contributed by atoms with Crippen molar-refractivity contribution in [3.8, 4) is 0 Å². The lowest BCUT2D eigenvalue weighted by molar-refractivity contribution is -0.124. The molecule has 0 aliphatic carbocycles. The molecule has 0 spiro atoms. The van der Waals surface area contributed by atoms with Crippen LogP contribution in [0.5, 0.6) is 0 Å². The highest BCUT2D eigenvalue weighted by Gasteiger charge is 1.94. The third-order valence-corrected chi connectivity index (χ3v) is 0.498. The van der Waals surface area contributed by atoms with Crippen LogP contribution in [0.4, 0.5) is 0 Å². The molecule has 0 aliphatic heterocycles. The third-order valence-electron chi connectivity index (χ3n) is 0.498. The minimum atomic E-state index is -0.0625. The molecule has 0 fully saturated rings. The first-order chi connectivity index (χ1) is 3.13. The highest BCUT2D eigenvalue weighted by Crippen LogP contribution is 1.80. The number of ketones is 2. The summed E-state index contributed by atoms with van der Waals surface area (Å²) >= 11 is 0. The van der Waals surface area contributed by atoms with Crippen molar-refractivity contribution in [3.63, 3.8) is 0 Å².